The summed E-state index contributed by atoms with van der Waals surface area (Å²) in [4.78, 5) is 24.7. The van der Waals surface area contributed by atoms with E-state index in [2.05, 4.69) is 10.1 Å². The molecule has 0 bridgehead atoms. The van der Waals surface area contributed by atoms with Crippen molar-refractivity contribution in [1.29, 1.82) is 0 Å². The highest BCUT2D eigenvalue weighted by Crippen LogP contribution is 2.32. The van der Waals surface area contributed by atoms with Crippen molar-refractivity contribution in [2.45, 2.75) is 4.90 Å². The molecule has 0 aliphatic heterocycles. The highest BCUT2D eigenvalue weighted by Gasteiger charge is 2.13. The molecule has 1 N–H and O–H groups in total. The Morgan fingerprint density at radius 2 is 1.77 bits per heavy atom. The molecule has 0 spiro atoms. The van der Waals surface area contributed by atoms with Gasteiger partial charge in [-0.3, -0.25) is 4.79 Å². The van der Waals surface area contributed by atoms with Crippen molar-refractivity contribution in [3.05, 3.63) is 47.0 Å². The largest absolute Gasteiger partial charge is 0.493 e. The molecule has 0 saturated heterocycles. The van der Waals surface area contributed by atoms with E-state index in [0.29, 0.717) is 17.2 Å². The lowest BCUT2D eigenvalue weighted by Crippen LogP contribution is -2.14. The maximum atomic E-state index is 12.2. The van der Waals surface area contributed by atoms with Gasteiger partial charge in [0.15, 0.2) is 11.5 Å². The number of hydrogen-bond donors (Lipinski definition) is 1. The molecule has 0 aromatic heterocycles. The van der Waals surface area contributed by atoms with Gasteiger partial charge in [0.05, 0.1) is 37.7 Å². The molecule has 6 nitrogen and oxygen atoms in total. The molecular weight excluding hydrogens is 378 g/mol. The van der Waals surface area contributed by atoms with Crippen molar-refractivity contribution in [3.63, 3.8) is 0 Å². The van der Waals surface area contributed by atoms with E-state index in [1.807, 2.05) is 6.07 Å². The van der Waals surface area contributed by atoms with Crippen LogP contribution in [0.1, 0.15) is 10.4 Å². The Morgan fingerprint density at radius 1 is 1.04 bits per heavy atom. The van der Waals surface area contributed by atoms with Crippen molar-refractivity contribution in [2.75, 3.05) is 32.4 Å². The lowest BCUT2D eigenvalue weighted by atomic mass is 10.2. The predicted octanol–water partition coefficient (Wildman–Crippen LogP) is 3.87. The van der Waals surface area contributed by atoms with Crippen LogP contribution >= 0.6 is 23.4 Å². The fraction of sp³-hybridized carbons (Fsp3) is 0.222. The SMILES string of the molecule is COC(=O)c1cc(NC(=O)CSc2ccc(OC)c(OC)c2)ccc1Cl. The van der Waals surface area contributed by atoms with Crippen LogP contribution in [-0.2, 0) is 9.53 Å². The second-order valence-electron chi connectivity index (χ2n) is 5.04. The minimum Gasteiger partial charge on any atom is -0.493 e. The molecule has 1 amide bonds. The van der Waals surface area contributed by atoms with Gasteiger partial charge < -0.3 is 19.5 Å². The number of ether oxygens (including phenoxy) is 3. The standard InChI is InChI=1S/C18H18ClNO5S/c1-23-15-7-5-12(9-16(15)24-2)26-10-17(21)20-11-4-6-14(19)13(8-11)18(22)25-3/h4-9H,10H2,1-3H3,(H,20,21). The summed E-state index contributed by atoms with van der Waals surface area (Å²) >= 11 is 7.31. The molecule has 0 heterocycles. The highest BCUT2D eigenvalue weighted by molar-refractivity contribution is 8.00. The second-order valence-corrected chi connectivity index (χ2v) is 6.50. The Morgan fingerprint density at radius 3 is 2.42 bits per heavy atom. The average molecular weight is 396 g/mol. The molecule has 2 aromatic rings. The van der Waals surface area contributed by atoms with E-state index in [1.165, 1.54) is 31.0 Å². The molecule has 0 aliphatic carbocycles. The number of esters is 1. The summed E-state index contributed by atoms with van der Waals surface area (Å²) in [6.07, 6.45) is 0. The number of carbonyl (C=O) groups is 2. The number of halogens is 1. The quantitative estimate of drug-likeness (QED) is 0.566. The minimum atomic E-state index is -0.564. The van der Waals surface area contributed by atoms with E-state index < -0.39 is 5.97 Å². The number of nitrogens with one attached hydrogen (secondary N) is 1. The number of methoxy groups -OCH3 is 3. The maximum Gasteiger partial charge on any atom is 0.339 e. The monoisotopic (exact) mass is 395 g/mol. The summed E-state index contributed by atoms with van der Waals surface area (Å²) in [7, 11) is 4.38. The number of thioether (sulfide) groups is 1. The Bertz CT molecular complexity index is 812. The molecule has 0 fully saturated rings. The zero-order chi connectivity index (χ0) is 19.1. The third-order valence-electron chi connectivity index (χ3n) is 3.38. The molecule has 8 heteroatoms. The van der Waals surface area contributed by atoms with Crippen molar-refractivity contribution in [2.24, 2.45) is 0 Å². The van der Waals surface area contributed by atoms with Crippen molar-refractivity contribution in [3.8, 4) is 11.5 Å². The van der Waals surface area contributed by atoms with Crippen LogP contribution in [-0.4, -0.2) is 39.0 Å². The van der Waals surface area contributed by atoms with Crippen LogP contribution in [0.3, 0.4) is 0 Å². The summed E-state index contributed by atoms with van der Waals surface area (Å²) in [5.41, 5.74) is 0.659. The summed E-state index contributed by atoms with van der Waals surface area (Å²) in [5, 5.41) is 2.99. The Labute approximate surface area is 160 Å². The van der Waals surface area contributed by atoms with Crippen LogP contribution in [0.25, 0.3) is 0 Å². The van der Waals surface area contributed by atoms with Gasteiger partial charge in [-0.15, -0.1) is 11.8 Å². The Balaban J connectivity index is 2.00. The Hall–Kier alpha value is -2.38. The zero-order valence-corrected chi connectivity index (χ0v) is 16.1. The lowest BCUT2D eigenvalue weighted by Gasteiger charge is -2.10. The highest BCUT2D eigenvalue weighted by atomic mass is 35.5. The van der Waals surface area contributed by atoms with Gasteiger partial charge in [0.25, 0.3) is 0 Å². The van der Waals surface area contributed by atoms with E-state index in [0.717, 1.165) is 4.90 Å². The topological polar surface area (TPSA) is 73.9 Å². The molecule has 2 rings (SSSR count). The molecule has 0 atom stereocenters. The molecule has 0 radical (unpaired) electrons. The van der Waals surface area contributed by atoms with Crippen LogP contribution in [0.4, 0.5) is 5.69 Å². The van der Waals surface area contributed by atoms with Gasteiger partial charge in [0, 0.05) is 10.6 Å². The van der Waals surface area contributed by atoms with Crippen LogP contribution in [0.2, 0.25) is 5.02 Å². The minimum absolute atomic E-state index is 0.186. The van der Waals surface area contributed by atoms with E-state index in [4.69, 9.17) is 21.1 Å². The van der Waals surface area contributed by atoms with E-state index in [9.17, 15) is 9.59 Å². The summed E-state index contributed by atoms with van der Waals surface area (Å²) in [5.74, 6) is 0.621. The van der Waals surface area contributed by atoms with Gasteiger partial charge in [0.1, 0.15) is 0 Å². The fourth-order valence-corrected chi connectivity index (χ4v) is 3.04. The van der Waals surface area contributed by atoms with Crippen LogP contribution < -0.4 is 14.8 Å². The number of anilines is 1. The normalized spacial score (nSPS) is 10.2. The molecule has 0 unspecified atom stereocenters. The van der Waals surface area contributed by atoms with Crippen molar-refractivity contribution >= 4 is 40.9 Å². The molecule has 138 valence electrons. The smallest absolute Gasteiger partial charge is 0.339 e. The van der Waals surface area contributed by atoms with Crippen molar-refractivity contribution < 1.29 is 23.8 Å². The fourth-order valence-electron chi connectivity index (χ4n) is 2.12. The first-order valence-electron chi connectivity index (χ1n) is 7.51. The maximum absolute atomic E-state index is 12.2. The number of carbonyl (C=O) groups excluding carboxylic acids is 2. The molecule has 2 aromatic carbocycles. The van der Waals surface area contributed by atoms with Crippen LogP contribution in [0.5, 0.6) is 11.5 Å². The van der Waals surface area contributed by atoms with Gasteiger partial charge in [-0.1, -0.05) is 11.6 Å². The first-order chi connectivity index (χ1) is 12.5. The van der Waals surface area contributed by atoms with Gasteiger partial charge >= 0.3 is 5.97 Å². The first-order valence-corrected chi connectivity index (χ1v) is 8.87. The summed E-state index contributed by atoms with van der Waals surface area (Å²) in [6.45, 7) is 0. The average Bonchev–Trinajstić information content (AvgIpc) is 2.66. The number of hydrogen-bond acceptors (Lipinski definition) is 6. The van der Waals surface area contributed by atoms with E-state index in [-0.39, 0.29) is 22.2 Å². The van der Waals surface area contributed by atoms with Gasteiger partial charge in [0.2, 0.25) is 5.91 Å². The molecule has 0 aliphatic rings. The molecular formula is C18H18ClNO5S. The lowest BCUT2D eigenvalue weighted by molar-refractivity contribution is -0.113. The van der Waals surface area contributed by atoms with Gasteiger partial charge in [-0.2, -0.15) is 0 Å². The summed E-state index contributed by atoms with van der Waals surface area (Å²) in [6, 6.07) is 10.1. The second kappa shape index (κ2) is 9.35. The Kier molecular flexibility index (Phi) is 7.17. The van der Waals surface area contributed by atoms with Crippen LogP contribution in [0, 0.1) is 0 Å². The number of amides is 1. The number of benzene rings is 2. The number of rotatable bonds is 7. The van der Waals surface area contributed by atoms with Crippen LogP contribution in [0.15, 0.2) is 41.3 Å². The third kappa shape index (κ3) is 5.06. The van der Waals surface area contributed by atoms with Crippen molar-refractivity contribution in [1.82, 2.24) is 0 Å². The summed E-state index contributed by atoms with van der Waals surface area (Å²) < 4.78 is 15.1. The van der Waals surface area contributed by atoms with Gasteiger partial charge in [-0.25, -0.2) is 4.79 Å². The third-order valence-corrected chi connectivity index (χ3v) is 4.70. The first kappa shape index (κ1) is 19.9. The zero-order valence-electron chi connectivity index (χ0n) is 14.5. The van der Waals surface area contributed by atoms with E-state index in [1.54, 1.807) is 32.4 Å². The van der Waals surface area contributed by atoms with Gasteiger partial charge in [-0.05, 0) is 36.4 Å². The predicted molar refractivity (Wildman–Crippen MR) is 102 cm³/mol. The molecule has 26 heavy (non-hydrogen) atoms. The van der Waals surface area contributed by atoms with E-state index >= 15 is 0 Å². The molecule has 0 saturated carbocycles.